The van der Waals surface area contributed by atoms with Gasteiger partial charge in [-0.2, -0.15) is 0 Å². The van der Waals surface area contributed by atoms with Crippen molar-refractivity contribution in [2.45, 2.75) is 51.7 Å². The van der Waals surface area contributed by atoms with Gasteiger partial charge in [0.05, 0.1) is 10.2 Å². The molecule has 1 amide bonds. The Bertz CT molecular complexity index is 1100. The summed E-state index contributed by atoms with van der Waals surface area (Å²) in [5, 5.41) is 0.571. The second-order valence-corrected chi connectivity index (χ2v) is 10.0. The lowest BCUT2D eigenvalue weighted by molar-refractivity contribution is -0.124. The Morgan fingerprint density at radius 3 is 2.53 bits per heavy atom. The van der Waals surface area contributed by atoms with Crippen LogP contribution in [0.3, 0.4) is 0 Å². The van der Waals surface area contributed by atoms with E-state index in [1.54, 1.807) is 21.9 Å². The maximum absolute atomic E-state index is 13.3. The quantitative estimate of drug-likeness (QED) is 0.219. The summed E-state index contributed by atoms with van der Waals surface area (Å²) in [6.07, 6.45) is 7.35. The maximum atomic E-state index is 13.3. The third-order valence-electron chi connectivity index (χ3n) is 6.16. The molecule has 34 heavy (non-hydrogen) atoms. The zero-order valence-electron chi connectivity index (χ0n) is 19.4. The van der Waals surface area contributed by atoms with Gasteiger partial charge in [0, 0.05) is 13.1 Å². The molecular weight excluding hydrogens is 566 g/mol. The molecule has 0 spiro atoms. The third-order valence-corrected chi connectivity index (χ3v) is 7.44. The van der Waals surface area contributed by atoms with E-state index in [1.807, 2.05) is 32.2 Å². The fourth-order valence-electron chi connectivity index (χ4n) is 4.41. The molecule has 2 aromatic rings. The van der Waals surface area contributed by atoms with E-state index in [0.29, 0.717) is 35.5 Å². The summed E-state index contributed by atoms with van der Waals surface area (Å²) in [4.78, 5) is 16.9. The molecule has 1 heterocycles. The van der Waals surface area contributed by atoms with Gasteiger partial charge in [0.2, 0.25) is 0 Å². The van der Waals surface area contributed by atoms with Crippen LogP contribution >= 0.6 is 34.8 Å². The van der Waals surface area contributed by atoms with Gasteiger partial charge in [0.15, 0.2) is 16.6 Å². The molecule has 0 aromatic heterocycles. The summed E-state index contributed by atoms with van der Waals surface area (Å²) in [5.74, 6) is 0.908. The van der Waals surface area contributed by atoms with Gasteiger partial charge in [-0.3, -0.25) is 9.69 Å². The molecule has 5 nitrogen and oxygen atoms in total. The van der Waals surface area contributed by atoms with Gasteiger partial charge in [-0.05, 0) is 96.0 Å². The molecule has 0 unspecified atom stereocenters. The van der Waals surface area contributed by atoms with Crippen molar-refractivity contribution in [3.05, 3.63) is 62.6 Å². The highest BCUT2D eigenvalue weighted by molar-refractivity contribution is 14.1. The summed E-state index contributed by atoms with van der Waals surface area (Å²) >= 11 is 7.85. The van der Waals surface area contributed by atoms with Crippen LogP contribution in [0, 0.1) is 9.39 Å². The van der Waals surface area contributed by atoms with E-state index in [4.69, 9.17) is 21.7 Å². The zero-order valence-corrected chi connectivity index (χ0v) is 22.3. The van der Waals surface area contributed by atoms with Crippen LogP contribution in [-0.4, -0.2) is 40.5 Å². The molecule has 1 saturated carbocycles. The Morgan fingerprint density at radius 1 is 1.15 bits per heavy atom. The number of amides is 1. The van der Waals surface area contributed by atoms with Crippen LogP contribution < -0.4 is 9.47 Å². The largest absolute Gasteiger partial charge is 0.490 e. The summed E-state index contributed by atoms with van der Waals surface area (Å²) in [6.45, 7) is 2.68. The van der Waals surface area contributed by atoms with Crippen LogP contribution in [0.4, 0.5) is 4.39 Å². The molecule has 1 aliphatic heterocycles. The predicted molar refractivity (Wildman–Crippen MR) is 143 cm³/mol. The number of ether oxygens (including phenoxy) is 2. The van der Waals surface area contributed by atoms with E-state index in [0.717, 1.165) is 40.4 Å². The molecule has 0 atom stereocenters. The first kappa shape index (κ1) is 24.9. The number of nitrogens with zero attached hydrogens (tertiary/aromatic N) is 2. The first-order chi connectivity index (χ1) is 16.4. The van der Waals surface area contributed by atoms with Gasteiger partial charge in [0.25, 0.3) is 5.91 Å². The zero-order chi connectivity index (χ0) is 24.2. The summed E-state index contributed by atoms with van der Waals surface area (Å²) < 4.78 is 26.0. The third kappa shape index (κ3) is 5.38. The number of hydrogen-bond acceptors (Lipinski definition) is 4. The summed E-state index contributed by atoms with van der Waals surface area (Å²) in [5.41, 5.74) is 2.26. The first-order valence-corrected chi connectivity index (χ1v) is 13.0. The number of halogens is 2. The van der Waals surface area contributed by atoms with Crippen LogP contribution in [-0.2, 0) is 11.4 Å². The van der Waals surface area contributed by atoms with Crippen molar-refractivity contribution in [1.29, 1.82) is 0 Å². The molecule has 180 valence electrons. The van der Waals surface area contributed by atoms with Gasteiger partial charge in [-0.15, -0.1) is 0 Å². The average molecular weight is 594 g/mol. The molecule has 4 rings (SSSR count). The Morgan fingerprint density at radius 2 is 1.85 bits per heavy atom. The minimum atomic E-state index is -0.279. The van der Waals surface area contributed by atoms with Crippen LogP contribution in [0.1, 0.15) is 50.2 Å². The Balaban J connectivity index is 1.59. The summed E-state index contributed by atoms with van der Waals surface area (Å²) in [7, 11) is 1.85. The van der Waals surface area contributed by atoms with Gasteiger partial charge in [0.1, 0.15) is 18.1 Å². The molecule has 2 fully saturated rings. The number of benzene rings is 2. The maximum Gasteiger partial charge on any atom is 0.277 e. The Kier molecular flexibility index (Phi) is 8.08. The Hall–Kier alpha value is -2.20. The van der Waals surface area contributed by atoms with Crippen LogP contribution in [0.2, 0.25) is 0 Å². The van der Waals surface area contributed by atoms with Crippen molar-refractivity contribution in [3.63, 3.8) is 0 Å². The van der Waals surface area contributed by atoms with Crippen LogP contribution in [0.25, 0.3) is 6.08 Å². The van der Waals surface area contributed by atoms with E-state index >= 15 is 0 Å². The van der Waals surface area contributed by atoms with Crippen molar-refractivity contribution in [2.24, 2.45) is 0 Å². The monoisotopic (exact) mass is 594 g/mol. The molecule has 2 aromatic carbocycles. The molecule has 8 heteroatoms. The van der Waals surface area contributed by atoms with Gasteiger partial charge >= 0.3 is 0 Å². The fourth-order valence-corrected chi connectivity index (χ4v) is 5.52. The lowest BCUT2D eigenvalue weighted by Crippen LogP contribution is -2.41. The normalized spacial score (nSPS) is 18.2. The highest BCUT2D eigenvalue weighted by Gasteiger charge is 2.40. The molecule has 1 aliphatic carbocycles. The van der Waals surface area contributed by atoms with Crippen molar-refractivity contribution in [3.8, 4) is 11.5 Å². The Labute approximate surface area is 219 Å². The molecule has 2 aliphatic rings. The number of hydrogen-bond donors (Lipinski definition) is 0. The van der Waals surface area contributed by atoms with E-state index in [2.05, 4.69) is 22.6 Å². The number of carbonyl (C=O) groups excluding carboxylic acids is 1. The minimum absolute atomic E-state index is 0.0380. The van der Waals surface area contributed by atoms with Crippen molar-refractivity contribution < 1.29 is 18.7 Å². The lowest BCUT2D eigenvalue weighted by atomic mass is 9.94. The number of thiocarbonyl (C=S) groups is 1. The second-order valence-electron chi connectivity index (χ2n) is 8.52. The van der Waals surface area contributed by atoms with Crippen LogP contribution in [0.15, 0.2) is 42.1 Å². The number of likely N-dealkylation sites (N-methyl/N-ethyl adjacent to an activating group) is 1. The van der Waals surface area contributed by atoms with Crippen LogP contribution in [0.5, 0.6) is 11.5 Å². The van der Waals surface area contributed by atoms with E-state index in [-0.39, 0.29) is 17.8 Å². The van der Waals surface area contributed by atoms with E-state index in [9.17, 15) is 9.18 Å². The topological polar surface area (TPSA) is 42.0 Å². The standard InChI is InChI=1S/C26H28FIN2O3S/c1-3-32-23-15-18(13-21(28)24(23)33-16-17-9-11-19(27)12-10-17)14-22-25(31)30(26(34)29(22)2)20-7-5-4-6-8-20/h9-15,20H,3-8,16H2,1-2H3/b22-14-. The molecular formula is C26H28FIN2O3S. The smallest absolute Gasteiger partial charge is 0.277 e. The van der Waals surface area contributed by atoms with Crippen molar-refractivity contribution in [1.82, 2.24) is 9.80 Å². The second kappa shape index (κ2) is 11.0. The minimum Gasteiger partial charge on any atom is -0.490 e. The van der Waals surface area contributed by atoms with E-state index in [1.165, 1.54) is 18.6 Å². The number of carbonyl (C=O) groups is 1. The van der Waals surface area contributed by atoms with Gasteiger partial charge in [-0.1, -0.05) is 31.4 Å². The first-order valence-electron chi connectivity index (χ1n) is 11.6. The highest BCUT2D eigenvalue weighted by atomic mass is 127. The SMILES string of the molecule is CCOc1cc(/C=C2/C(=O)N(C3CCCCC3)C(=S)N2C)cc(I)c1OCc1ccc(F)cc1. The lowest BCUT2D eigenvalue weighted by Gasteiger charge is -2.30. The number of rotatable bonds is 7. The van der Waals surface area contributed by atoms with Gasteiger partial charge < -0.3 is 14.4 Å². The molecule has 0 N–H and O–H groups in total. The van der Waals surface area contributed by atoms with E-state index < -0.39 is 0 Å². The average Bonchev–Trinajstić information content (AvgIpc) is 3.03. The molecule has 1 saturated heterocycles. The predicted octanol–water partition coefficient (Wildman–Crippen LogP) is 6.14. The molecule has 0 bridgehead atoms. The van der Waals surface area contributed by atoms with Gasteiger partial charge in [-0.25, -0.2) is 4.39 Å². The van der Waals surface area contributed by atoms with Crippen molar-refractivity contribution in [2.75, 3.05) is 13.7 Å². The summed E-state index contributed by atoms with van der Waals surface area (Å²) in [6, 6.07) is 10.3. The molecule has 0 radical (unpaired) electrons. The highest BCUT2D eigenvalue weighted by Crippen LogP contribution is 2.37. The fraction of sp³-hybridized carbons (Fsp3) is 0.385. The van der Waals surface area contributed by atoms with Crippen molar-refractivity contribution >= 4 is 51.9 Å².